The van der Waals surface area contributed by atoms with Gasteiger partial charge in [-0.15, -0.1) is 0 Å². The molecule has 0 amide bonds. The molecule has 5 nitrogen and oxygen atoms in total. The highest BCUT2D eigenvalue weighted by Crippen LogP contribution is 2.46. The van der Waals surface area contributed by atoms with Crippen molar-refractivity contribution in [3.05, 3.63) is 29.8 Å². The summed E-state index contributed by atoms with van der Waals surface area (Å²) in [6, 6.07) is 7.79. The van der Waals surface area contributed by atoms with Crippen LogP contribution in [0, 0.1) is 5.92 Å². The van der Waals surface area contributed by atoms with Crippen molar-refractivity contribution < 1.29 is 8.42 Å². The first-order valence-electron chi connectivity index (χ1n) is 10.1. The van der Waals surface area contributed by atoms with Gasteiger partial charge in [0, 0.05) is 31.1 Å². The zero-order valence-corrected chi connectivity index (χ0v) is 16.3. The molecule has 0 bridgehead atoms. The van der Waals surface area contributed by atoms with Gasteiger partial charge in [-0.3, -0.25) is 0 Å². The van der Waals surface area contributed by atoms with E-state index in [0.717, 1.165) is 25.9 Å². The van der Waals surface area contributed by atoms with Crippen LogP contribution in [0.2, 0.25) is 0 Å². The van der Waals surface area contributed by atoms with E-state index in [1.54, 1.807) is 4.31 Å². The van der Waals surface area contributed by atoms with Crippen LogP contribution in [0.3, 0.4) is 0 Å². The lowest BCUT2D eigenvalue weighted by molar-refractivity contribution is 0.133. The minimum atomic E-state index is -3.32. The molecule has 2 heterocycles. The van der Waals surface area contributed by atoms with Crippen LogP contribution in [0.15, 0.2) is 29.2 Å². The van der Waals surface area contributed by atoms with Gasteiger partial charge in [-0.05, 0) is 55.8 Å². The van der Waals surface area contributed by atoms with Crippen molar-refractivity contribution >= 4 is 10.0 Å². The van der Waals surface area contributed by atoms with Crippen LogP contribution in [-0.2, 0) is 15.4 Å². The Morgan fingerprint density at radius 3 is 2.31 bits per heavy atom. The Labute approximate surface area is 157 Å². The molecule has 1 saturated carbocycles. The second kappa shape index (κ2) is 7.23. The molecule has 144 valence electrons. The van der Waals surface area contributed by atoms with Crippen molar-refractivity contribution in [3.63, 3.8) is 0 Å². The van der Waals surface area contributed by atoms with Crippen molar-refractivity contribution in [1.29, 1.82) is 0 Å². The lowest BCUT2D eigenvalue weighted by Gasteiger charge is -2.50. The maximum Gasteiger partial charge on any atom is 0.243 e. The number of benzene rings is 1. The van der Waals surface area contributed by atoms with Gasteiger partial charge in [-0.25, -0.2) is 8.42 Å². The highest BCUT2D eigenvalue weighted by atomic mass is 32.2. The summed E-state index contributed by atoms with van der Waals surface area (Å²) in [4.78, 5) is 0.419. The van der Waals surface area contributed by atoms with Gasteiger partial charge in [0.2, 0.25) is 10.0 Å². The molecule has 3 aliphatic rings. The van der Waals surface area contributed by atoms with Gasteiger partial charge in [0.15, 0.2) is 0 Å². The summed E-state index contributed by atoms with van der Waals surface area (Å²) in [5, 5.41) is 3.44. The topological polar surface area (TPSA) is 75.4 Å². The predicted octanol–water partition coefficient (Wildman–Crippen LogP) is 2.22. The zero-order chi connectivity index (χ0) is 18.2. The van der Waals surface area contributed by atoms with Crippen molar-refractivity contribution in [2.75, 3.05) is 26.2 Å². The first-order valence-corrected chi connectivity index (χ1v) is 11.6. The molecular formula is C20H31N3O2S. The standard InChI is InChI=1S/C20H31N3O2S/c21-19-15-22-12-11-20(19,16-5-2-1-3-6-16)17-7-9-18(10-8-17)26(24,25)23-13-4-14-23/h7-10,16,19,22H,1-6,11-15,21H2. The second-order valence-corrected chi connectivity index (χ2v) is 10.2. The summed E-state index contributed by atoms with van der Waals surface area (Å²) in [5.74, 6) is 0.603. The van der Waals surface area contributed by atoms with Gasteiger partial charge < -0.3 is 11.1 Å². The van der Waals surface area contributed by atoms with E-state index in [0.29, 0.717) is 23.9 Å². The highest BCUT2D eigenvalue weighted by Gasteiger charge is 2.46. The third-order valence-corrected chi connectivity index (χ3v) is 8.83. The first-order chi connectivity index (χ1) is 12.5. The first kappa shape index (κ1) is 18.4. The van der Waals surface area contributed by atoms with Crippen LogP contribution in [0.25, 0.3) is 0 Å². The Morgan fingerprint density at radius 2 is 1.73 bits per heavy atom. The zero-order valence-electron chi connectivity index (χ0n) is 15.5. The molecule has 3 N–H and O–H groups in total. The maximum absolute atomic E-state index is 12.6. The largest absolute Gasteiger partial charge is 0.326 e. The molecule has 1 aromatic carbocycles. The van der Waals surface area contributed by atoms with Gasteiger partial charge in [0.1, 0.15) is 0 Å². The average molecular weight is 378 g/mol. The Balaban J connectivity index is 1.67. The average Bonchev–Trinajstić information content (AvgIpc) is 2.61. The molecule has 6 heteroatoms. The van der Waals surface area contributed by atoms with Crippen LogP contribution in [0.1, 0.15) is 50.5 Å². The van der Waals surface area contributed by atoms with E-state index in [1.807, 2.05) is 24.3 Å². The molecule has 2 atom stereocenters. The van der Waals surface area contributed by atoms with Gasteiger partial charge >= 0.3 is 0 Å². The lowest BCUT2D eigenvalue weighted by Crippen LogP contribution is -2.60. The number of nitrogens with one attached hydrogen (secondary N) is 1. The number of nitrogens with two attached hydrogens (primary N) is 1. The molecule has 2 aliphatic heterocycles. The molecule has 26 heavy (non-hydrogen) atoms. The molecule has 0 aromatic heterocycles. The number of rotatable bonds is 4. The van der Waals surface area contributed by atoms with Crippen LogP contribution in [-0.4, -0.2) is 44.9 Å². The summed E-state index contributed by atoms with van der Waals surface area (Å²) < 4.78 is 26.8. The van der Waals surface area contributed by atoms with Gasteiger partial charge in [-0.2, -0.15) is 4.31 Å². The summed E-state index contributed by atoms with van der Waals surface area (Å²) in [5.41, 5.74) is 7.90. The molecule has 3 fully saturated rings. The van der Waals surface area contributed by atoms with Crippen LogP contribution >= 0.6 is 0 Å². The van der Waals surface area contributed by atoms with E-state index < -0.39 is 10.0 Å². The van der Waals surface area contributed by atoms with E-state index in [-0.39, 0.29) is 11.5 Å². The normalized spacial score (nSPS) is 31.5. The SMILES string of the molecule is NC1CNCCC1(c1ccc(S(=O)(=O)N2CCC2)cc1)C1CCCCC1. The number of piperidine rings is 1. The number of nitrogens with zero attached hydrogens (tertiary/aromatic N) is 1. The van der Waals surface area contributed by atoms with Crippen LogP contribution in [0.5, 0.6) is 0 Å². The molecule has 1 aliphatic carbocycles. The van der Waals surface area contributed by atoms with Gasteiger partial charge in [0.25, 0.3) is 0 Å². The third-order valence-electron chi connectivity index (χ3n) is 6.92. The van der Waals surface area contributed by atoms with E-state index in [2.05, 4.69) is 5.32 Å². The summed E-state index contributed by atoms with van der Waals surface area (Å²) in [6.45, 7) is 3.11. The van der Waals surface area contributed by atoms with Crippen molar-refractivity contribution in [1.82, 2.24) is 9.62 Å². The second-order valence-electron chi connectivity index (χ2n) is 8.22. The number of hydrogen-bond donors (Lipinski definition) is 2. The fourth-order valence-electron chi connectivity index (χ4n) is 5.25. The van der Waals surface area contributed by atoms with Crippen molar-refractivity contribution in [2.24, 2.45) is 11.7 Å². The smallest absolute Gasteiger partial charge is 0.243 e. The summed E-state index contributed by atoms with van der Waals surface area (Å²) >= 11 is 0. The molecule has 0 spiro atoms. The minimum absolute atomic E-state index is 0.0231. The Hall–Kier alpha value is -0.950. The van der Waals surface area contributed by atoms with Crippen LogP contribution < -0.4 is 11.1 Å². The minimum Gasteiger partial charge on any atom is -0.326 e. The third kappa shape index (κ3) is 3.01. The molecule has 1 aromatic rings. The molecular weight excluding hydrogens is 346 g/mol. The van der Waals surface area contributed by atoms with Gasteiger partial charge in [0.05, 0.1) is 4.90 Å². The Kier molecular flexibility index (Phi) is 5.12. The number of sulfonamides is 1. The number of hydrogen-bond acceptors (Lipinski definition) is 4. The van der Waals surface area contributed by atoms with E-state index in [4.69, 9.17) is 5.73 Å². The van der Waals surface area contributed by atoms with E-state index in [9.17, 15) is 8.42 Å². The fraction of sp³-hybridized carbons (Fsp3) is 0.700. The molecule has 2 saturated heterocycles. The lowest BCUT2D eigenvalue weighted by atomic mass is 9.58. The molecule has 4 rings (SSSR count). The van der Waals surface area contributed by atoms with E-state index in [1.165, 1.54) is 37.7 Å². The van der Waals surface area contributed by atoms with Gasteiger partial charge in [-0.1, -0.05) is 31.4 Å². The molecule has 0 radical (unpaired) electrons. The monoisotopic (exact) mass is 377 g/mol. The Bertz CT molecular complexity index is 724. The van der Waals surface area contributed by atoms with Crippen molar-refractivity contribution in [2.45, 2.75) is 61.3 Å². The molecule has 2 unspecified atom stereocenters. The van der Waals surface area contributed by atoms with E-state index >= 15 is 0 Å². The van der Waals surface area contributed by atoms with Crippen molar-refractivity contribution in [3.8, 4) is 0 Å². The fourth-order valence-corrected chi connectivity index (χ4v) is 6.77. The summed E-state index contributed by atoms with van der Waals surface area (Å²) in [7, 11) is -3.32. The summed E-state index contributed by atoms with van der Waals surface area (Å²) in [6.07, 6.45) is 8.37. The Morgan fingerprint density at radius 1 is 1.04 bits per heavy atom. The quantitative estimate of drug-likeness (QED) is 0.844. The highest BCUT2D eigenvalue weighted by molar-refractivity contribution is 7.89. The predicted molar refractivity (Wildman–Crippen MR) is 104 cm³/mol. The maximum atomic E-state index is 12.6. The van der Waals surface area contributed by atoms with Crippen LogP contribution in [0.4, 0.5) is 0 Å².